The molecule has 0 aliphatic rings. The molecule has 0 unspecified atom stereocenters. The fourth-order valence-electron chi connectivity index (χ4n) is 3.63. The third-order valence-electron chi connectivity index (χ3n) is 5.21. The van der Waals surface area contributed by atoms with Gasteiger partial charge in [0.05, 0.1) is 5.56 Å². The molecular weight excluding hydrogens is 388 g/mol. The molecule has 0 amide bonds. The van der Waals surface area contributed by atoms with Crippen molar-refractivity contribution in [2.45, 2.75) is 27.7 Å². The highest BCUT2D eigenvalue weighted by atomic mass is 16.3. The van der Waals surface area contributed by atoms with E-state index in [0.29, 0.717) is 23.0 Å². The van der Waals surface area contributed by atoms with Crippen LogP contribution in [-0.2, 0) is 0 Å². The van der Waals surface area contributed by atoms with E-state index in [4.69, 9.17) is 4.98 Å². The van der Waals surface area contributed by atoms with Crippen LogP contribution in [-0.4, -0.2) is 20.1 Å². The molecule has 4 aromatic rings. The van der Waals surface area contributed by atoms with Crippen LogP contribution < -0.4 is 0 Å². The van der Waals surface area contributed by atoms with E-state index in [1.54, 1.807) is 6.07 Å². The Balaban J connectivity index is 1.98. The van der Waals surface area contributed by atoms with Gasteiger partial charge in [0.15, 0.2) is 17.5 Å². The van der Waals surface area contributed by atoms with Crippen molar-refractivity contribution in [2.75, 3.05) is 0 Å². The summed E-state index contributed by atoms with van der Waals surface area (Å²) in [6.07, 6.45) is 0. The highest BCUT2D eigenvalue weighted by Crippen LogP contribution is 2.33. The Morgan fingerprint density at radius 3 is 1.52 bits per heavy atom. The summed E-state index contributed by atoms with van der Waals surface area (Å²) in [4.78, 5) is 24.9. The second kappa shape index (κ2) is 8.07. The van der Waals surface area contributed by atoms with E-state index >= 15 is 0 Å². The summed E-state index contributed by atoms with van der Waals surface area (Å²) < 4.78 is 0. The molecule has 1 aromatic heterocycles. The van der Waals surface area contributed by atoms with Gasteiger partial charge in [-0.25, -0.2) is 15.0 Å². The summed E-state index contributed by atoms with van der Waals surface area (Å²) in [6, 6.07) is 16.6. The minimum Gasteiger partial charge on any atom is -0.507 e. The Morgan fingerprint density at radius 1 is 0.645 bits per heavy atom. The summed E-state index contributed by atoms with van der Waals surface area (Å²) in [5.74, 6) is 1.26. The van der Waals surface area contributed by atoms with Gasteiger partial charge in [0.2, 0.25) is 0 Å². The van der Waals surface area contributed by atoms with Crippen molar-refractivity contribution in [1.29, 1.82) is 0 Å². The van der Waals surface area contributed by atoms with E-state index in [2.05, 4.69) is 27.3 Å². The van der Waals surface area contributed by atoms with Gasteiger partial charge in [-0.1, -0.05) is 47.5 Å². The standard InChI is InChI=1S/C25H22N4O2/c1-14-5-8-19(16(3)11-14)23-26-24(20-9-6-15(2)12-17(20)4)28-25(27-23)21-10-7-18(29-31)13-22(21)30/h5-13,30H,1-4H3. The topological polar surface area (TPSA) is 88.3 Å². The van der Waals surface area contributed by atoms with E-state index in [1.807, 2.05) is 52.0 Å². The molecule has 6 heteroatoms. The molecule has 1 N–H and O–H groups in total. The number of hydrogen-bond donors (Lipinski definition) is 1. The predicted molar refractivity (Wildman–Crippen MR) is 122 cm³/mol. The lowest BCUT2D eigenvalue weighted by atomic mass is 10.0. The summed E-state index contributed by atoms with van der Waals surface area (Å²) in [7, 11) is 0. The molecule has 0 saturated heterocycles. The average molecular weight is 410 g/mol. The Kier molecular flexibility index (Phi) is 5.29. The molecule has 0 aliphatic heterocycles. The van der Waals surface area contributed by atoms with Crippen molar-refractivity contribution < 1.29 is 5.11 Å². The number of aromatic nitrogens is 3. The van der Waals surface area contributed by atoms with Gasteiger partial charge in [-0.15, -0.1) is 4.91 Å². The lowest BCUT2D eigenvalue weighted by Crippen LogP contribution is -2.02. The molecule has 3 aromatic carbocycles. The number of benzene rings is 3. The number of aryl methyl sites for hydroxylation is 4. The van der Waals surface area contributed by atoms with E-state index in [9.17, 15) is 10.0 Å². The van der Waals surface area contributed by atoms with E-state index < -0.39 is 0 Å². The maximum Gasteiger partial charge on any atom is 0.167 e. The predicted octanol–water partition coefficient (Wildman–Crippen LogP) is 6.21. The van der Waals surface area contributed by atoms with E-state index in [-0.39, 0.29) is 11.4 Å². The van der Waals surface area contributed by atoms with Crippen LogP contribution in [0.2, 0.25) is 0 Å². The SMILES string of the molecule is Cc1ccc(-c2nc(-c3ccc(C)cc3C)nc(-c3ccc(N=O)cc3O)n2)c(C)c1. The van der Waals surface area contributed by atoms with Crippen molar-refractivity contribution >= 4 is 5.69 Å². The molecule has 31 heavy (non-hydrogen) atoms. The number of hydrogen-bond acceptors (Lipinski definition) is 6. The van der Waals surface area contributed by atoms with Crippen molar-refractivity contribution in [3.05, 3.63) is 81.8 Å². The minimum atomic E-state index is -0.110. The molecule has 0 atom stereocenters. The van der Waals surface area contributed by atoms with Gasteiger partial charge in [0.25, 0.3) is 0 Å². The van der Waals surface area contributed by atoms with Crippen LogP contribution in [0.3, 0.4) is 0 Å². The van der Waals surface area contributed by atoms with Gasteiger partial charge >= 0.3 is 0 Å². The maximum atomic E-state index is 10.8. The van der Waals surface area contributed by atoms with Crippen LogP contribution in [0.1, 0.15) is 22.3 Å². The number of phenolic OH excluding ortho intramolecular Hbond substituents is 1. The monoisotopic (exact) mass is 410 g/mol. The number of phenols is 1. The van der Waals surface area contributed by atoms with Crippen molar-refractivity contribution in [3.8, 4) is 39.9 Å². The lowest BCUT2D eigenvalue weighted by molar-refractivity contribution is 0.477. The molecule has 0 aliphatic carbocycles. The summed E-state index contributed by atoms with van der Waals surface area (Å²) in [6.45, 7) is 8.12. The van der Waals surface area contributed by atoms with Gasteiger partial charge in [-0.3, -0.25) is 0 Å². The first-order chi connectivity index (χ1) is 14.9. The molecule has 0 fully saturated rings. The first-order valence-corrected chi connectivity index (χ1v) is 9.94. The van der Waals surface area contributed by atoms with Crippen molar-refractivity contribution in [1.82, 2.24) is 15.0 Å². The van der Waals surface area contributed by atoms with Gasteiger partial charge in [-0.2, -0.15) is 0 Å². The normalized spacial score (nSPS) is 10.8. The quantitative estimate of drug-likeness (QED) is 0.404. The summed E-state index contributed by atoms with van der Waals surface area (Å²) >= 11 is 0. The smallest absolute Gasteiger partial charge is 0.167 e. The summed E-state index contributed by atoms with van der Waals surface area (Å²) in [5.41, 5.74) is 6.74. The van der Waals surface area contributed by atoms with Crippen molar-refractivity contribution in [2.24, 2.45) is 5.18 Å². The Labute approximate surface area is 180 Å². The van der Waals surface area contributed by atoms with Gasteiger partial charge in [0, 0.05) is 17.2 Å². The molecular formula is C25H22N4O2. The largest absolute Gasteiger partial charge is 0.507 e. The molecule has 1 heterocycles. The molecule has 0 saturated carbocycles. The van der Waals surface area contributed by atoms with Crippen LogP contribution >= 0.6 is 0 Å². The first kappa shape index (κ1) is 20.3. The zero-order valence-corrected chi connectivity index (χ0v) is 17.8. The van der Waals surface area contributed by atoms with E-state index in [1.165, 1.54) is 12.1 Å². The highest BCUT2D eigenvalue weighted by Gasteiger charge is 2.17. The number of nitrogens with zero attached hydrogens (tertiary/aromatic N) is 4. The fraction of sp³-hybridized carbons (Fsp3) is 0.160. The number of nitroso groups, excluding NO2 is 1. The van der Waals surface area contributed by atoms with Crippen LogP contribution in [0.25, 0.3) is 34.2 Å². The van der Waals surface area contributed by atoms with E-state index in [0.717, 1.165) is 33.4 Å². The maximum absolute atomic E-state index is 10.8. The van der Waals surface area contributed by atoms with Crippen LogP contribution in [0.4, 0.5) is 5.69 Å². The average Bonchev–Trinajstić information content (AvgIpc) is 2.73. The Bertz CT molecular complexity index is 1250. The molecule has 0 bridgehead atoms. The van der Waals surface area contributed by atoms with Crippen LogP contribution in [0.15, 0.2) is 59.8 Å². The minimum absolute atomic E-state index is 0.110. The number of aromatic hydroxyl groups is 1. The third-order valence-corrected chi connectivity index (χ3v) is 5.21. The Morgan fingerprint density at radius 2 is 1.10 bits per heavy atom. The molecule has 154 valence electrons. The highest BCUT2D eigenvalue weighted by molar-refractivity contribution is 5.73. The molecule has 0 spiro atoms. The fourth-order valence-corrected chi connectivity index (χ4v) is 3.63. The zero-order valence-electron chi connectivity index (χ0n) is 17.8. The van der Waals surface area contributed by atoms with Crippen LogP contribution in [0, 0.1) is 32.6 Å². The second-order valence-corrected chi connectivity index (χ2v) is 7.74. The first-order valence-electron chi connectivity index (χ1n) is 9.94. The lowest BCUT2D eigenvalue weighted by Gasteiger charge is -2.12. The third kappa shape index (κ3) is 4.05. The molecule has 6 nitrogen and oxygen atoms in total. The van der Waals surface area contributed by atoms with Gasteiger partial charge in [0.1, 0.15) is 11.4 Å². The Hall–Kier alpha value is -3.93. The van der Waals surface area contributed by atoms with Crippen molar-refractivity contribution in [3.63, 3.8) is 0 Å². The van der Waals surface area contributed by atoms with Gasteiger partial charge in [-0.05, 0) is 56.1 Å². The molecule has 0 radical (unpaired) electrons. The molecule has 4 rings (SSSR count). The zero-order chi connectivity index (χ0) is 22.1. The second-order valence-electron chi connectivity index (χ2n) is 7.74. The van der Waals surface area contributed by atoms with Gasteiger partial charge < -0.3 is 5.11 Å². The van der Waals surface area contributed by atoms with Crippen LogP contribution in [0.5, 0.6) is 5.75 Å². The summed E-state index contributed by atoms with van der Waals surface area (Å²) in [5, 5.41) is 13.4. The number of rotatable bonds is 4.